The van der Waals surface area contributed by atoms with Crippen LogP contribution in [-0.4, -0.2) is 6.54 Å². The summed E-state index contributed by atoms with van der Waals surface area (Å²) in [6.07, 6.45) is 1.55. The Morgan fingerprint density at radius 3 is 2.89 bits per heavy atom. The van der Waals surface area contributed by atoms with Gasteiger partial charge in [-0.2, -0.15) is 4.39 Å². The molecule has 102 valence electrons. The van der Waals surface area contributed by atoms with Crippen LogP contribution in [0.5, 0.6) is 5.75 Å². The molecule has 0 atom stereocenters. The lowest BCUT2D eigenvalue weighted by Gasteiger charge is -2.07. The van der Waals surface area contributed by atoms with Crippen LogP contribution in [0.25, 0.3) is 0 Å². The van der Waals surface area contributed by atoms with Crippen LogP contribution in [0.15, 0.2) is 34.9 Å². The normalized spacial score (nSPS) is 10.7. The van der Waals surface area contributed by atoms with Gasteiger partial charge in [0.2, 0.25) is 5.82 Å². The van der Waals surface area contributed by atoms with Gasteiger partial charge in [0.05, 0.1) is 6.26 Å². The third-order valence-electron chi connectivity index (χ3n) is 2.68. The lowest BCUT2D eigenvalue weighted by molar-refractivity contribution is 0.253. The minimum absolute atomic E-state index is 0.0636. The SMILES string of the molecule is CCNCc1ccoc1COc1cccc(F)c1F. The van der Waals surface area contributed by atoms with E-state index < -0.39 is 11.6 Å². The first-order valence-electron chi connectivity index (χ1n) is 6.05. The molecule has 2 rings (SSSR count). The standard InChI is InChI=1S/C14H15F2NO2/c1-2-17-8-10-6-7-18-13(10)9-19-12-5-3-4-11(15)14(12)16/h3-7,17H,2,8-9H2,1H3. The zero-order valence-electron chi connectivity index (χ0n) is 10.6. The summed E-state index contributed by atoms with van der Waals surface area (Å²) in [5, 5.41) is 3.16. The molecule has 0 aliphatic heterocycles. The van der Waals surface area contributed by atoms with E-state index in [-0.39, 0.29) is 12.4 Å². The molecule has 1 heterocycles. The van der Waals surface area contributed by atoms with Crippen molar-refractivity contribution in [3.63, 3.8) is 0 Å². The van der Waals surface area contributed by atoms with Crippen LogP contribution in [0.1, 0.15) is 18.2 Å². The Morgan fingerprint density at radius 1 is 1.26 bits per heavy atom. The van der Waals surface area contributed by atoms with Crippen molar-refractivity contribution in [2.45, 2.75) is 20.1 Å². The van der Waals surface area contributed by atoms with Crippen molar-refractivity contribution >= 4 is 0 Å². The predicted molar refractivity (Wildman–Crippen MR) is 66.8 cm³/mol. The third kappa shape index (κ3) is 3.32. The molecule has 0 bridgehead atoms. The van der Waals surface area contributed by atoms with Crippen LogP contribution >= 0.6 is 0 Å². The minimum atomic E-state index is -0.984. The average Bonchev–Trinajstić information content (AvgIpc) is 2.85. The van der Waals surface area contributed by atoms with Gasteiger partial charge in [0, 0.05) is 12.1 Å². The number of furan rings is 1. The summed E-state index contributed by atoms with van der Waals surface area (Å²) >= 11 is 0. The highest BCUT2D eigenvalue weighted by molar-refractivity contribution is 5.25. The average molecular weight is 267 g/mol. The summed E-state index contributed by atoms with van der Waals surface area (Å²) in [5.41, 5.74) is 0.943. The predicted octanol–water partition coefficient (Wildman–Crippen LogP) is 3.25. The van der Waals surface area contributed by atoms with Gasteiger partial charge < -0.3 is 14.5 Å². The van der Waals surface area contributed by atoms with Gasteiger partial charge >= 0.3 is 0 Å². The number of hydrogen-bond acceptors (Lipinski definition) is 3. The highest BCUT2D eigenvalue weighted by Crippen LogP contribution is 2.21. The maximum Gasteiger partial charge on any atom is 0.200 e. The van der Waals surface area contributed by atoms with E-state index in [0.717, 1.165) is 18.2 Å². The molecule has 0 aliphatic carbocycles. The summed E-state index contributed by atoms with van der Waals surface area (Å²) in [7, 11) is 0. The number of hydrogen-bond donors (Lipinski definition) is 1. The molecule has 2 aromatic rings. The minimum Gasteiger partial charge on any atom is -0.482 e. The van der Waals surface area contributed by atoms with Gasteiger partial charge in [-0.05, 0) is 24.7 Å². The van der Waals surface area contributed by atoms with Gasteiger partial charge in [0.25, 0.3) is 0 Å². The van der Waals surface area contributed by atoms with E-state index >= 15 is 0 Å². The summed E-state index contributed by atoms with van der Waals surface area (Å²) in [4.78, 5) is 0. The molecule has 3 nitrogen and oxygen atoms in total. The van der Waals surface area contributed by atoms with Gasteiger partial charge in [-0.1, -0.05) is 13.0 Å². The second-order valence-electron chi connectivity index (χ2n) is 3.99. The lowest BCUT2D eigenvalue weighted by Crippen LogP contribution is -2.13. The molecule has 0 unspecified atom stereocenters. The molecule has 1 N–H and O–H groups in total. The smallest absolute Gasteiger partial charge is 0.200 e. The topological polar surface area (TPSA) is 34.4 Å². The number of nitrogens with one attached hydrogen (secondary N) is 1. The van der Waals surface area contributed by atoms with Crippen molar-refractivity contribution in [2.75, 3.05) is 6.54 Å². The van der Waals surface area contributed by atoms with Crippen LogP contribution < -0.4 is 10.1 Å². The van der Waals surface area contributed by atoms with Crippen LogP contribution in [-0.2, 0) is 13.2 Å². The van der Waals surface area contributed by atoms with Crippen LogP contribution in [0.3, 0.4) is 0 Å². The third-order valence-corrected chi connectivity index (χ3v) is 2.68. The fourth-order valence-corrected chi connectivity index (χ4v) is 1.65. The van der Waals surface area contributed by atoms with Gasteiger partial charge in [-0.3, -0.25) is 0 Å². The molecule has 0 spiro atoms. The Balaban J connectivity index is 2.02. The van der Waals surface area contributed by atoms with Crippen molar-refractivity contribution in [1.82, 2.24) is 5.32 Å². The maximum absolute atomic E-state index is 13.4. The first kappa shape index (κ1) is 13.5. The van der Waals surface area contributed by atoms with Crippen molar-refractivity contribution in [3.05, 3.63) is 53.5 Å². The molecule has 0 aliphatic rings. The molecule has 0 fully saturated rings. The van der Waals surface area contributed by atoms with Crippen molar-refractivity contribution in [2.24, 2.45) is 0 Å². The van der Waals surface area contributed by atoms with E-state index in [0.29, 0.717) is 12.3 Å². The van der Waals surface area contributed by atoms with Gasteiger partial charge in [0.1, 0.15) is 12.4 Å². The lowest BCUT2D eigenvalue weighted by atomic mass is 10.2. The van der Waals surface area contributed by atoms with Gasteiger partial charge in [-0.25, -0.2) is 4.39 Å². The van der Waals surface area contributed by atoms with E-state index in [1.807, 2.05) is 13.0 Å². The highest BCUT2D eigenvalue weighted by Gasteiger charge is 2.11. The molecule has 1 aromatic carbocycles. The molecular formula is C14H15F2NO2. The quantitative estimate of drug-likeness (QED) is 0.872. The Bertz CT molecular complexity index is 540. The second-order valence-corrected chi connectivity index (χ2v) is 3.99. The summed E-state index contributed by atoms with van der Waals surface area (Å²) in [5.74, 6) is -1.43. The molecule has 1 aromatic heterocycles. The monoisotopic (exact) mass is 267 g/mol. The van der Waals surface area contributed by atoms with Crippen LogP contribution in [0, 0.1) is 11.6 Å². The zero-order chi connectivity index (χ0) is 13.7. The Labute approximate surface area is 110 Å². The van der Waals surface area contributed by atoms with Crippen molar-refractivity contribution in [3.8, 4) is 5.75 Å². The van der Waals surface area contributed by atoms with E-state index in [1.165, 1.54) is 12.1 Å². The maximum atomic E-state index is 13.4. The summed E-state index contributed by atoms with van der Waals surface area (Å²) in [6, 6.07) is 5.65. The molecule has 5 heteroatoms. The van der Waals surface area contributed by atoms with Crippen molar-refractivity contribution < 1.29 is 17.9 Å². The van der Waals surface area contributed by atoms with E-state index in [4.69, 9.17) is 9.15 Å². The first-order valence-corrected chi connectivity index (χ1v) is 6.05. The Kier molecular flexibility index (Phi) is 4.52. The zero-order valence-corrected chi connectivity index (χ0v) is 10.6. The summed E-state index contributed by atoms with van der Waals surface area (Å²) < 4.78 is 36.9. The molecule has 0 radical (unpaired) electrons. The van der Waals surface area contributed by atoms with Crippen LogP contribution in [0.2, 0.25) is 0 Å². The van der Waals surface area contributed by atoms with E-state index in [9.17, 15) is 8.78 Å². The number of rotatable bonds is 6. The number of benzene rings is 1. The first-order chi connectivity index (χ1) is 9.22. The largest absolute Gasteiger partial charge is 0.482 e. The highest BCUT2D eigenvalue weighted by atomic mass is 19.2. The fourth-order valence-electron chi connectivity index (χ4n) is 1.65. The number of ether oxygens (including phenoxy) is 1. The second kappa shape index (κ2) is 6.33. The molecular weight excluding hydrogens is 252 g/mol. The van der Waals surface area contributed by atoms with E-state index in [1.54, 1.807) is 6.26 Å². The van der Waals surface area contributed by atoms with Gasteiger partial charge in [0.15, 0.2) is 11.6 Å². The van der Waals surface area contributed by atoms with Crippen molar-refractivity contribution in [1.29, 1.82) is 0 Å². The van der Waals surface area contributed by atoms with E-state index in [2.05, 4.69) is 5.32 Å². The summed E-state index contributed by atoms with van der Waals surface area (Å²) in [6.45, 7) is 3.55. The molecule has 19 heavy (non-hydrogen) atoms. The number of halogens is 2. The van der Waals surface area contributed by atoms with Gasteiger partial charge in [-0.15, -0.1) is 0 Å². The molecule has 0 saturated carbocycles. The Morgan fingerprint density at radius 2 is 2.11 bits per heavy atom. The van der Waals surface area contributed by atoms with Crippen LogP contribution in [0.4, 0.5) is 8.78 Å². The fraction of sp³-hybridized carbons (Fsp3) is 0.286. The Hall–Kier alpha value is -1.88. The molecule has 0 saturated heterocycles. The molecule has 0 amide bonds.